The molecule has 2 saturated heterocycles. The summed E-state index contributed by atoms with van der Waals surface area (Å²) in [6.07, 6.45) is 4.18. The van der Waals surface area contributed by atoms with E-state index in [1.165, 1.54) is 38.9 Å². The first-order valence-corrected chi connectivity index (χ1v) is 7.82. The van der Waals surface area contributed by atoms with Gasteiger partial charge in [0.25, 0.3) is 0 Å². The lowest BCUT2D eigenvalue weighted by Gasteiger charge is -2.31. The molecule has 2 rings (SSSR count). The van der Waals surface area contributed by atoms with E-state index in [2.05, 4.69) is 42.8 Å². The first-order chi connectivity index (χ1) is 8.59. The van der Waals surface area contributed by atoms with Crippen LogP contribution >= 0.6 is 0 Å². The third kappa shape index (κ3) is 3.25. The molecule has 0 aromatic rings. The van der Waals surface area contributed by atoms with Gasteiger partial charge in [-0.25, -0.2) is 0 Å². The molecule has 0 bridgehead atoms. The zero-order valence-corrected chi connectivity index (χ0v) is 12.7. The Morgan fingerprint density at radius 1 is 1.11 bits per heavy atom. The average molecular weight is 253 g/mol. The summed E-state index contributed by atoms with van der Waals surface area (Å²) in [4.78, 5) is 5.26. The molecule has 0 spiro atoms. The standard InChI is InChI=1S/C15H31N3/c1-12(2)18(13(3)4)11-8-16-14-7-10-17-9-5-6-15(14)17/h12-16H,5-11H2,1-4H3. The van der Waals surface area contributed by atoms with Crippen LogP contribution in [0.1, 0.15) is 47.0 Å². The molecule has 2 atom stereocenters. The predicted octanol–water partition coefficient (Wildman–Crippen LogP) is 1.93. The van der Waals surface area contributed by atoms with E-state index in [0.29, 0.717) is 12.1 Å². The molecule has 0 aliphatic carbocycles. The Bertz CT molecular complexity index is 244. The maximum Gasteiger partial charge on any atom is 0.0250 e. The van der Waals surface area contributed by atoms with Crippen LogP contribution in [-0.4, -0.2) is 60.1 Å². The summed E-state index contributed by atoms with van der Waals surface area (Å²) in [6, 6.07) is 2.90. The summed E-state index contributed by atoms with van der Waals surface area (Å²) in [5, 5.41) is 3.81. The average Bonchev–Trinajstić information content (AvgIpc) is 2.86. The zero-order valence-electron chi connectivity index (χ0n) is 12.7. The van der Waals surface area contributed by atoms with Gasteiger partial charge in [-0.1, -0.05) is 0 Å². The van der Waals surface area contributed by atoms with E-state index >= 15 is 0 Å². The van der Waals surface area contributed by atoms with Crippen LogP contribution in [0.5, 0.6) is 0 Å². The number of fused-ring (bicyclic) bond motifs is 1. The van der Waals surface area contributed by atoms with E-state index in [4.69, 9.17) is 0 Å². The molecule has 2 aliphatic heterocycles. The molecule has 0 saturated carbocycles. The minimum atomic E-state index is 0.651. The van der Waals surface area contributed by atoms with E-state index in [0.717, 1.165) is 18.6 Å². The van der Waals surface area contributed by atoms with Crippen LogP contribution in [0.2, 0.25) is 0 Å². The summed E-state index contributed by atoms with van der Waals surface area (Å²) >= 11 is 0. The minimum Gasteiger partial charge on any atom is -0.311 e. The molecule has 3 heteroatoms. The molecule has 18 heavy (non-hydrogen) atoms. The second kappa shape index (κ2) is 6.36. The van der Waals surface area contributed by atoms with Gasteiger partial charge in [0.2, 0.25) is 0 Å². The van der Waals surface area contributed by atoms with E-state index in [-0.39, 0.29) is 0 Å². The van der Waals surface area contributed by atoms with Crippen LogP contribution in [-0.2, 0) is 0 Å². The third-order valence-corrected chi connectivity index (χ3v) is 4.71. The monoisotopic (exact) mass is 253 g/mol. The lowest BCUT2D eigenvalue weighted by Crippen LogP contribution is -2.45. The number of hydrogen-bond acceptors (Lipinski definition) is 3. The summed E-state index contributed by atoms with van der Waals surface area (Å²) < 4.78 is 0. The molecule has 1 N–H and O–H groups in total. The van der Waals surface area contributed by atoms with E-state index in [1.54, 1.807) is 0 Å². The molecule has 0 amide bonds. The Balaban J connectivity index is 1.71. The van der Waals surface area contributed by atoms with Gasteiger partial charge in [0.1, 0.15) is 0 Å². The summed E-state index contributed by atoms with van der Waals surface area (Å²) in [5.74, 6) is 0. The quantitative estimate of drug-likeness (QED) is 0.780. The Labute approximate surface area is 113 Å². The van der Waals surface area contributed by atoms with Crippen LogP contribution in [0.4, 0.5) is 0 Å². The van der Waals surface area contributed by atoms with Crippen molar-refractivity contribution >= 4 is 0 Å². The SMILES string of the molecule is CC(C)N(CCNC1CCN2CCCC12)C(C)C. The highest BCUT2D eigenvalue weighted by Crippen LogP contribution is 2.27. The fourth-order valence-electron chi connectivity index (χ4n) is 3.81. The fraction of sp³-hybridized carbons (Fsp3) is 1.00. The second-order valence-corrected chi connectivity index (χ2v) is 6.52. The molecule has 2 heterocycles. The smallest absolute Gasteiger partial charge is 0.0250 e. The number of hydrogen-bond donors (Lipinski definition) is 1. The van der Waals surface area contributed by atoms with Gasteiger partial charge >= 0.3 is 0 Å². The molecule has 2 unspecified atom stereocenters. The van der Waals surface area contributed by atoms with Gasteiger partial charge < -0.3 is 5.32 Å². The molecular weight excluding hydrogens is 222 g/mol. The Hall–Kier alpha value is -0.120. The first-order valence-electron chi connectivity index (χ1n) is 7.82. The van der Waals surface area contributed by atoms with E-state index in [9.17, 15) is 0 Å². The van der Waals surface area contributed by atoms with Gasteiger partial charge in [0.05, 0.1) is 0 Å². The van der Waals surface area contributed by atoms with Crippen molar-refractivity contribution in [1.29, 1.82) is 0 Å². The molecule has 3 nitrogen and oxygen atoms in total. The lowest BCUT2D eigenvalue weighted by molar-refractivity contribution is 0.172. The van der Waals surface area contributed by atoms with Crippen molar-refractivity contribution in [2.45, 2.75) is 71.1 Å². The molecule has 0 radical (unpaired) electrons. The largest absolute Gasteiger partial charge is 0.311 e. The first kappa shape index (κ1) is 14.3. The normalized spacial score (nSPS) is 28.8. The number of rotatable bonds is 6. The van der Waals surface area contributed by atoms with Crippen molar-refractivity contribution in [3.8, 4) is 0 Å². The van der Waals surface area contributed by atoms with Gasteiger partial charge in [-0.15, -0.1) is 0 Å². The van der Waals surface area contributed by atoms with Crippen LogP contribution in [0.15, 0.2) is 0 Å². The van der Waals surface area contributed by atoms with Gasteiger partial charge in [-0.3, -0.25) is 9.80 Å². The van der Waals surface area contributed by atoms with Crippen LogP contribution in [0, 0.1) is 0 Å². The van der Waals surface area contributed by atoms with Gasteiger partial charge in [-0.2, -0.15) is 0 Å². The topological polar surface area (TPSA) is 18.5 Å². The summed E-state index contributed by atoms with van der Waals surface area (Å²) in [7, 11) is 0. The highest BCUT2D eigenvalue weighted by atomic mass is 15.2. The van der Waals surface area contributed by atoms with Crippen LogP contribution in [0.3, 0.4) is 0 Å². The van der Waals surface area contributed by atoms with E-state index < -0.39 is 0 Å². The van der Waals surface area contributed by atoms with Crippen molar-refractivity contribution in [3.63, 3.8) is 0 Å². The van der Waals surface area contributed by atoms with Crippen molar-refractivity contribution in [1.82, 2.24) is 15.1 Å². The number of nitrogens with one attached hydrogen (secondary N) is 1. The van der Waals surface area contributed by atoms with Crippen molar-refractivity contribution in [3.05, 3.63) is 0 Å². The van der Waals surface area contributed by atoms with E-state index in [1.807, 2.05) is 0 Å². The van der Waals surface area contributed by atoms with Crippen molar-refractivity contribution in [2.24, 2.45) is 0 Å². The van der Waals surface area contributed by atoms with Crippen LogP contribution in [0.25, 0.3) is 0 Å². The predicted molar refractivity (Wildman–Crippen MR) is 78.0 cm³/mol. The Morgan fingerprint density at radius 3 is 2.50 bits per heavy atom. The molecule has 106 valence electrons. The highest BCUT2D eigenvalue weighted by Gasteiger charge is 2.36. The van der Waals surface area contributed by atoms with Gasteiger partial charge in [0.15, 0.2) is 0 Å². The fourth-order valence-corrected chi connectivity index (χ4v) is 3.81. The maximum atomic E-state index is 3.81. The van der Waals surface area contributed by atoms with Crippen molar-refractivity contribution in [2.75, 3.05) is 26.2 Å². The molecule has 0 aromatic heterocycles. The van der Waals surface area contributed by atoms with Crippen LogP contribution < -0.4 is 5.32 Å². The molecule has 2 fully saturated rings. The molecule has 0 aromatic carbocycles. The maximum absolute atomic E-state index is 3.81. The van der Waals surface area contributed by atoms with Crippen molar-refractivity contribution < 1.29 is 0 Å². The number of nitrogens with zero attached hydrogens (tertiary/aromatic N) is 2. The summed E-state index contributed by atoms with van der Waals surface area (Å²) in [6.45, 7) is 14.2. The lowest BCUT2D eigenvalue weighted by atomic mass is 10.1. The minimum absolute atomic E-state index is 0.651. The molecular formula is C15H31N3. The molecule has 2 aliphatic rings. The van der Waals surface area contributed by atoms with Gasteiger partial charge in [0, 0.05) is 43.8 Å². The summed E-state index contributed by atoms with van der Waals surface area (Å²) in [5.41, 5.74) is 0. The highest BCUT2D eigenvalue weighted by molar-refractivity contribution is 4.95. The van der Waals surface area contributed by atoms with Gasteiger partial charge in [-0.05, 0) is 53.5 Å². The zero-order chi connectivity index (χ0) is 13.1. The third-order valence-electron chi connectivity index (χ3n) is 4.71. The Morgan fingerprint density at radius 2 is 1.83 bits per heavy atom. The second-order valence-electron chi connectivity index (χ2n) is 6.52. The Kier molecular flexibility index (Phi) is 5.05.